The summed E-state index contributed by atoms with van der Waals surface area (Å²) in [4.78, 5) is 51.6. The fraction of sp³-hybridized carbons (Fsp3) is 0.857. The molecule has 0 spiro atoms. The van der Waals surface area contributed by atoms with Crippen molar-refractivity contribution in [2.45, 2.75) is 117 Å². The number of rotatable bonds is 2. The van der Waals surface area contributed by atoms with Crippen LogP contribution >= 0.6 is 0 Å². The maximum absolute atomic E-state index is 12.0. The van der Waals surface area contributed by atoms with Gasteiger partial charge in [0.1, 0.15) is 11.2 Å². The van der Waals surface area contributed by atoms with E-state index < -0.39 is 18.4 Å². The van der Waals surface area contributed by atoms with E-state index in [2.05, 4.69) is 12.2 Å². The highest BCUT2D eigenvalue weighted by molar-refractivity contribution is 5.74. The van der Waals surface area contributed by atoms with Gasteiger partial charge < -0.3 is 29.5 Å². The number of ether oxygens (including phenoxy) is 2. The molecule has 0 radical (unpaired) electrons. The molecule has 0 saturated carbocycles. The largest absolute Gasteiger partial charge is 0.444 e. The van der Waals surface area contributed by atoms with Crippen molar-refractivity contribution >= 4 is 24.0 Å². The van der Waals surface area contributed by atoms with Gasteiger partial charge in [0.25, 0.3) is 0 Å². The predicted octanol–water partition coefficient (Wildman–Crippen LogP) is 4.75. The fourth-order valence-electron chi connectivity index (χ4n) is 4.27. The number of likely N-dealkylation sites (tertiary alicyclic amines) is 2. The number of hydrogen-bond donors (Lipinski definition) is 1. The number of hydrogen-bond acceptors (Lipinski definition) is 6. The van der Waals surface area contributed by atoms with Crippen molar-refractivity contribution < 1.29 is 34.4 Å². The quantitative estimate of drug-likeness (QED) is 0.521. The van der Waals surface area contributed by atoms with Gasteiger partial charge in [-0.1, -0.05) is 0 Å². The van der Waals surface area contributed by atoms with Gasteiger partial charge in [0.05, 0.1) is 8.52 Å². The van der Waals surface area contributed by atoms with Gasteiger partial charge in [0, 0.05) is 58.2 Å². The smallest absolute Gasteiger partial charge is 0.410 e. The lowest BCUT2D eigenvalue weighted by Crippen LogP contribution is -2.55. The van der Waals surface area contributed by atoms with Crippen LogP contribution in [-0.4, -0.2) is 101 Å². The first-order valence-electron chi connectivity index (χ1n) is 14.1. The average molecular weight is 562 g/mol. The molecule has 2 aliphatic heterocycles. The minimum Gasteiger partial charge on any atom is -0.444 e. The Morgan fingerprint density at radius 1 is 0.821 bits per heavy atom. The molecule has 2 rings (SSSR count). The SMILES string of the molecule is CC(=O)N(C)C1(C)CCN(C(=O)OC(C)(C)C)CC1.CC(=O)NC1(C)CCN(C(=O)OC(C)(C)C)CC1.[2H]CF. The van der Waals surface area contributed by atoms with E-state index >= 15 is 0 Å². The maximum atomic E-state index is 12.0. The van der Waals surface area contributed by atoms with E-state index in [1.165, 1.54) is 6.92 Å². The zero-order chi connectivity index (χ0) is 31.5. The number of amides is 4. The Morgan fingerprint density at radius 3 is 1.44 bits per heavy atom. The molecule has 39 heavy (non-hydrogen) atoms. The second-order valence-corrected chi connectivity index (χ2v) is 12.8. The molecule has 2 heterocycles. The summed E-state index contributed by atoms with van der Waals surface area (Å²) in [6.45, 7) is 20.8. The summed E-state index contributed by atoms with van der Waals surface area (Å²) in [5, 5.41) is 2.95. The van der Waals surface area contributed by atoms with Crippen molar-refractivity contribution in [2.75, 3.05) is 40.4 Å². The molecule has 4 amide bonds. The fourth-order valence-corrected chi connectivity index (χ4v) is 4.27. The van der Waals surface area contributed by atoms with Gasteiger partial charge in [-0.05, 0) is 81.1 Å². The molecular weight excluding hydrogens is 507 g/mol. The zero-order valence-electron chi connectivity index (χ0n) is 27.0. The van der Waals surface area contributed by atoms with Crippen LogP contribution in [0, 0.1) is 0 Å². The van der Waals surface area contributed by atoms with Crippen LogP contribution in [0.4, 0.5) is 14.0 Å². The Bertz CT molecular complexity index is 843. The molecule has 0 aromatic heterocycles. The molecule has 228 valence electrons. The van der Waals surface area contributed by atoms with E-state index in [0.29, 0.717) is 26.2 Å². The van der Waals surface area contributed by atoms with Crippen LogP contribution in [-0.2, 0) is 19.1 Å². The Morgan fingerprint density at radius 2 is 1.15 bits per heavy atom. The minimum absolute atomic E-state index is 0.0248. The third-order valence-corrected chi connectivity index (χ3v) is 6.77. The monoisotopic (exact) mass is 561 g/mol. The van der Waals surface area contributed by atoms with Crippen molar-refractivity contribution in [3.8, 4) is 0 Å². The van der Waals surface area contributed by atoms with E-state index in [9.17, 15) is 23.6 Å². The number of piperidine rings is 2. The predicted molar refractivity (Wildman–Crippen MR) is 150 cm³/mol. The molecule has 0 aliphatic carbocycles. The van der Waals surface area contributed by atoms with Crippen molar-refractivity contribution in [1.29, 1.82) is 0 Å². The van der Waals surface area contributed by atoms with Gasteiger partial charge in [-0.2, -0.15) is 0 Å². The first-order valence-corrected chi connectivity index (χ1v) is 13.4. The second-order valence-electron chi connectivity index (χ2n) is 12.8. The topological polar surface area (TPSA) is 108 Å². The summed E-state index contributed by atoms with van der Waals surface area (Å²) in [5.74, 6) is 0.0384. The number of carbonyl (C=O) groups is 4. The van der Waals surface area contributed by atoms with Crippen LogP contribution in [0.2, 0.25) is 0 Å². The maximum Gasteiger partial charge on any atom is 0.410 e. The molecule has 2 saturated heterocycles. The van der Waals surface area contributed by atoms with Crippen LogP contribution < -0.4 is 5.32 Å². The minimum atomic E-state index is -1.00. The molecule has 0 aromatic rings. The van der Waals surface area contributed by atoms with Gasteiger partial charge in [0.2, 0.25) is 11.8 Å². The number of alkyl halides is 1. The highest BCUT2D eigenvalue weighted by Gasteiger charge is 2.37. The summed E-state index contributed by atoms with van der Waals surface area (Å²) in [6, 6.07) is 0. The van der Waals surface area contributed by atoms with Crippen molar-refractivity contribution in [1.82, 2.24) is 20.0 Å². The van der Waals surface area contributed by atoms with Crippen LogP contribution in [0.15, 0.2) is 0 Å². The summed E-state index contributed by atoms with van der Waals surface area (Å²) >= 11 is 0. The summed E-state index contributed by atoms with van der Waals surface area (Å²) in [5.41, 5.74) is -1.29. The van der Waals surface area contributed by atoms with Crippen LogP contribution in [0.5, 0.6) is 0 Å². The van der Waals surface area contributed by atoms with Gasteiger partial charge in [-0.25, -0.2) is 9.59 Å². The normalized spacial score (nSPS) is 18.6. The molecule has 0 aromatic carbocycles. The average Bonchev–Trinajstić information content (AvgIpc) is 2.77. The lowest BCUT2D eigenvalue weighted by Gasteiger charge is -2.44. The lowest BCUT2D eigenvalue weighted by molar-refractivity contribution is -0.134. The Hall–Kier alpha value is -2.59. The van der Waals surface area contributed by atoms with Gasteiger partial charge in [-0.15, -0.1) is 0 Å². The van der Waals surface area contributed by atoms with Gasteiger partial charge in [0.15, 0.2) is 0 Å². The number of halogens is 1. The molecule has 0 bridgehead atoms. The molecule has 0 atom stereocenters. The molecule has 0 unspecified atom stereocenters. The number of nitrogens with zero attached hydrogens (tertiary/aromatic N) is 3. The van der Waals surface area contributed by atoms with Gasteiger partial charge >= 0.3 is 12.2 Å². The molecule has 10 nitrogen and oxygen atoms in total. The summed E-state index contributed by atoms with van der Waals surface area (Å²) < 4.78 is 26.2. The first-order chi connectivity index (χ1) is 18.1. The summed E-state index contributed by atoms with van der Waals surface area (Å²) in [7, 11) is 0.825. The van der Waals surface area contributed by atoms with Crippen molar-refractivity contribution in [3.05, 3.63) is 0 Å². The first kappa shape index (κ1) is 34.4. The van der Waals surface area contributed by atoms with E-state index in [1.807, 2.05) is 55.5 Å². The zero-order valence-corrected chi connectivity index (χ0v) is 26.0. The standard InChI is InChI=1S/C14H26N2O3.C13H24N2O3.CH3F/c1-11(17)15(6)14(5)7-9-16(10-8-14)12(18)19-13(2,3)4;1-10(16)14-13(5)6-8-15(9-7-13)11(17)18-12(2,3)4;1-2/h7-10H2,1-6H3;6-9H2,1-5H3,(H,14,16);1H3/i;;1D. The van der Waals surface area contributed by atoms with E-state index in [4.69, 9.17) is 10.8 Å². The second kappa shape index (κ2) is 14.7. The van der Waals surface area contributed by atoms with E-state index in [-0.39, 0.29) is 35.1 Å². The van der Waals surface area contributed by atoms with Crippen molar-refractivity contribution in [2.24, 2.45) is 0 Å². The number of carbonyl (C=O) groups excluding carboxylic acids is 4. The molecule has 2 aliphatic rings. The molecule has 11 heteroatoms. The third kappa shape index (κ3) is 13.4. The van der Waals surface area contributed by atoms with Crippen LogP contribution in [0.25, 0.3) is 0 Å². The van der Waals surface area contributed by atoms with Crippen molar-refractivity contribution in [3.63, 3.8) is 0 Å². The van der Waals surface area contributed by atoms with Gasteiger partial charge in [-0.3, -0.25) is 14.0 Å². The Kier molecular flexibility index (Phi) is 13.0. The summed E-state index contributed by atoms with van der Waals surface area (Å²) in [6.07, 6.45) is 2.54. The third-order valence-electron chi connectivity index (χ3n) is 6.77. The number of nitrogens with one attached hydrogen (secondary N) is 1. The Labute approximate surface area is 236 Å². The lowest BCUT2D eigenvalue weighted by atomic mass is 9.88. The molecule has 2 fully saturated rings. The molecule has 1 N–H and O–H groups in total. The highest BCUT2D eigenvalue weighted by atomic mass is 19.1. The Balaban J connectivity index is 0.000000693. The highest BCUT2D eigenvalue weighted by Crippen LogP contribution is 2.28. The molecular formula is C28H53FN4O6. The van der Waals surface area contributed by atoms with E-state index in [1.54, 1.807) is 21.6 Å². The van der Waals surface area contributed by atoms with Crippen LogP contribution in [0.3, 0.4) is 0 Å². The van der Waals surface area contributed by atoms with E-state index in [0.717, 1.165) is 25.7 Å². The van der Waals surface area contributed by atoms with Crippen LogP contribution in [0.1, 0.15) is 96.3 Å².